The molecule has 0 saturated carbocycles. The van der Waals surface area contributed by atoms with Gasteiger partial charge in [0, 0.05) is 5.39 Å². The summed E-state index contributed by atoms with van der Waals surface area (Å²) in [6.07, 6.45) is 3.60. The van der Waals surface area contributed by atoms with E-state index >= 15 is 0 Å². The second-order valence-corrected chi connectivity index (χ2v) is 5.57. The Morgan fingerprint density at radius 3 is 2.61 bits per heavy atom. The van der Waals surface area contributed by atoms with Crippen LogP contribution in [0.4, 0.5) is 5.82 Å². The van der Waals surface area contributed by atoms with E-state index in [2.05, 4.69) is 20.8 Å². The number of para-hydroxylation sites is 1. The number of hydrogen-bond donors (Lipinski definition) is 0. The minimum absolute atomic E-state index is 0.737. The Morgan fingerprint density at radius 2 is 1.83 bits per heavy atom. The third-order valence-electron chi connectivity index (χ3n) is 3.50. The van der Waals surface area contributed by atoms with Gasteiger partial charge in [-0.25, -0.2) is 4.73 Å². The number of rotatable bonds is 1. The van der Waals surface area contributed by atoms with Crippen molar-refractivity contribution in [3.63, 3.8) is 0 Å². The van der Waals surface area contributed by atoms with Gasteiger partial charge in [0.2, 0.25) is 0 Å². The van der Waals surface area contributed by atoms with E-state index in [1.54, 1.807) is 0 Å². The second-order valence-electron chi connectivity index (χ2n) is 4.72. The van der Waals surface area contributed by atoms with Gasteiger partial charge in [-0.15, -0.1) is 0 Å². The molecular weight excluding hydrogens is 292 g/mol. The molecule has 0 bridgehead atoms. The summed E-state index contributed by atoms with van der Waals surface area (Å²) in [4.78, 5) is 2.19. The quantitative estimate of drug-likeness (QED) is 0.598. The highest BCUT2D eigenvalue weighted by Crippen LogP contribution is 2.28. The van der Waals surface area contributed by atoms with Gasteiger partial charge in [0.25, 0.3) is 5.82 Å². The highest BCUT2D eigenvalue weighted by molar-refractivity contribution is 9.10. The van der Waals surface area contributed by atoms with Crippen LogP contribution in [-0.4, -0.2) is 13.1 Å². The molecule has 1 saturated heterocycles. The van der Waals surface area contributed by atoms with Crippen LogP contribution in [-0.2, 0) is 0 Å². The van der Waals surface area contributed by atoms with Crippen molar-refractivity contribution in [1.82, 2.24) is 0 Å². The molecule has 0 amide bonds. The Balaban J connectivity index is 2.15. The molecule has 3 rings (SSSR count). The molecule has 1 aliphatic heterocycles. The largest absolute Gasteiger partial charge is 0.710 e. The molecule has 2 aromatic rings. The van der Waals surface area contributed by atoms with Crippen LogP contribution in [0.2, 0.25) is 0 Å². The van der Waals surface area contributed by atoms with E-state index in [9.17, 15) is 5.21 Å². The average molecular weight is 307 g/mol. The highest BCUT2D eigenvalue weighted by Gasteiger charge is 2.24. The number of aromatic nitrogens is 1. The van der Waals surface area contributed by atoms with Gasteiger partial charge in [-0.3, -0.25) is 4.90 Å². The fourth-order valence-corrected chi connectivity index (χ4v) is 3.25. The molecule has 2 heterocycles. The van der Waals surface area contributed by atoms with Gasteiger partial charge < -0.3 is 5.21 Å². The summed E-state index contributed by atoms with van der Waals surface area (Å²) in [6, 6.07) is 9.74. The van der Waals surface area contributed by atoms with Crippen LogP contribution in [0.25, 0.3) is 10.9 Å². The van der Waals surface area contributed by atoms with Gasteiger partial charge in [-0.2, -0.15) is 0 Å². The molecule has 0 aliphatic carbocycles. The zero-order valence-electron chi connectivity index (χ0n) is 10.1. The Hall–Kier alpha value is -1.29. The number of benzene rings is 1. The zero-order valence-corrected chi connectivity index (χ0v) is 11.7. The molecule has 1 aromatic carbocycles. The van der Waals surface area contributed by atoms with E-state index < -0.39 is 0 Å². The lowest BCUT2D eigenvalue weighted by molar-refractivity contribution is -0.564. The first-order valence-corrected chi connectivity index (χ1v) is 7.12. The van der Waals surface area contributed by atoms with Crippen molar-refractivity contribution >= 4 is 32.7 Å². The third kappa shape index (κ3) is 1.94. The number of anilines is 1. The van der Waals surface area contributed by atoms with E-state index in [1.165, 1.54) is 19.3 Å². The van der Waals surface area contributed by atoms with Crippen molar-refractivity contribution in [2.45, 2.75) is 19.3 Å². The van der Waals surface area contributed by atoms with Gasteiger partial charge in [0.05, 0.1) is 13.1 Å². The maximum Gasteiger partial charge on any atom is 0.294 e. The predicted octanol–water partition coefficient (Wildman–Crippen LogP) is 3.23. The van der Waals surface area contributed by atoms with E-state index in [1.807, 2.05) is 30.3 Å². The standard InChI is InChI=1S/C14H15BrN2O/c15-12-10-11-6-2-3-7-13(11)17(18)14(12)16-8-4-1-5-9-16/h2-3,6-7,10H,1,4-5,8-9H2. The first-order chi connectivity index (χ1) is 8.77. The summed E-state index contributed by atoms with van der Waals surface area (Å²) in [5.41, 5.74) is 0.737. The normalized spacial score (nSPS) is 16.2. The Kier molecular flexibility index (Phi) is 3.12. The van der Waals surface area contributed by atoms with Gasteiger partial charge >= 0.3 is 0 Å². The van der Waals surface area contributed by atoms with Crippen molar-refractivity contribution < 1.29 is 4.73 Å². The minimum Gasteiger partial charge on any atom is -0.710 e. The summed E-state index contributed by atoms with van der Waals surface area (Å²) >= 11 is 3.54. The van der Waals surface area contributed by atoms with Gasteiger partial charge in [0.1, 0.15) is 9.99 Å². The lowest BCUT2D eigenvalue weighted by Gasteiger charge is -2.25. The van der Waals surface area contributed by atoms with Crippen LogP contribution in [0.5, 0.6) is 0 Å². The number of nitrogens with zero attached hydrogens (tertiary/aromatic N) is 2. The van der Waals surface area contributed by atoms with E-state index in [0.29, 0.717) is 0 Å². The topological polar surface area (TPSA) is 30.2 Å². The highest BCUT2D eigenvalue weighted by atomic mass is 79.9. The van der Waals surface area contributed by atoms with Crippen LogP contribution in [0.15, 0.2) is 34.8 Å². The first kappa shape index (κ1) is 11.8. The van der Waals surface area contributed by atoms with Crippen molar-refractivity contribution in [2.75, 3.05) is 18.0 Å². The number of hydrogen-bond acceptors (Lipinski definition) is 2. The number of piperidine rings is 1. The SMILES string of the molecule is [O-][n+]1c(N2CCCCC2)c(Br)cc2ccccc21. The summed E-state index contributed by atoms with van der Waals surface area (Å²) in [5, 5.41) is 13.5. The molecule has 0 radical (unpaired) electrons. The minimum atomic E-state index is 0.737. The van der Waals surface area contributed by atoms with Crippen molar-refractivity contribution in [2.24, 2.45) is 0 Å². The number of fused-ring (bicyclic) bond motifs is 1. The molecule has 0 atom stereocenters. The zero-order chi connectivity index (χ0) is 12.5. The average Bonchev–Trinajstić information content (AvgIpc) is 2.40. The van der Waals surface area contributed by atoms with Crippen LogP contribution < -0.4 is 9.63 Å². The summed E-state index contributed by atoms with van der Waals surface area (Å²) in [7, 11) is 0. The molecule has 1 aromatic heterocycles. The molecular formula is C14H15BrN2O. The Labute approximate surface area is 115 Å². The summed E-state index contributed by atoms with van der Waals surface area (Å²) < 4.78 is 1.95. The molecule has 1 aliphatic rings. The maximum absolute atomic E-state index is 12.5. The van der Waals surface area contributed by atoms with Crippen LogP contribution in [0, 0.1) is 5.21 Å². The summed E-state index contributed by atoms with van der Waals surface area (Å²) in [6.45, 7) is 1.94. The molecule has 0 unspecified atom stereocenters. The van der Waals surface area contributed by atoms with E-state index in [-0.39, 0.29) is 0 Å². The lowest BCUT2D eigenvalue weighted by Crippen LogP contribution is -2.41. The summed E-state index contributed by atoms with van der Waals surface area (Å²) in [5.74, 6) is 0.758. The monoisotopic (exact) mass is 306 g/mol. The Morgan fingerprint density at radius 1 is 1.11 bits per heavy atom. The number of pyridine rings is 1. The molecule has 3 nitrogen and oxygen atoms in total. The van der Waals surface area contributed by atoms with Crippen molar-refractivity contribution in [3.8, 4) is 0 Å². The van der Waals surface area contributed by atoms with Gasteiger partial charge in [0.15, 0.2) is 0 Å². The van der Waals surface area contributed by atoms with Crippen LogP contribution in [0.1, 0.15) is 19.3 Å². The first-order valence-electron chi connectivity index (χ1n) is 6.33. The van der Waals surface area contributed by atoms with Crippen LogP contribution in [0.3, 0.4) is 0 Å². The smallest absolute Gasteiger partial charge is 0.294 e. The molecule has 18 heavy (non-hydrogen) atoms. The van der Waals surface area contributed by atoms with Crippen molar-refractivity contribution in [3.05, 3.63) is 40.0 Å². The van der Waals surface area contributed by atoms with Gasteiger partial charge in [-0.05, 0) is 47.3 Å². The molecule has 4 heteroatoms. The number of halogens is 1. The molecule has 0 spiro atoms. The second kappa shape index (κ2) is 4.76. The fourth-order valence-electron chi connectivity index (χ4n) is 2.59. The van der Waals surface area contributed by atoms with E-state index in [4.69, 9.17) is 0 Å². The third-order valence-corrected chi connectivity index (χ3v) is 4.08. The predicted molar refractivity (Wildman–Crippen MR) is 76.7 cm³/mol. The molecule has 1 fully saturated rings. The van der Waals surface area contributed by atoms with Crippen LogP contribution >= 0.6 is 15.9 Å². The van der Waals surface area contributed by atoms with Gasteiger partial charge in [-0.1, -0.05) is 18.2 Å². The molecule has 94 valence electrons. The maximum atomic E-state index is 12.5. The van der Waals surface area contributed by atoms with Crippen molar-refractivity contribution in [1.29, 1.82) is 0 Å². The van der Waals surface area contributed by atoms with E-state index in [0.717, 1.165) is 39.0 Å². The molecule has 0 N–H and O–H groups in total. The fraction of sp³-hybridized carbons (Fsp3) is 0.357. The Bertz CT molecular complexity index is 579. The lowest BCUT2D eigenvalue weighted by atomic mass is 10.1.